The van der Waals surface area contributed by atoms with Crippen LogP contribution in [0.15, 0.2) is 12.1 Å². The van der Waals surface area contributed by atoms with Gasteiger partial charge in [0.15, 0.2) is 0 Å². The molecule has 2 rings (SSSR count). The van der Waals surface area contributed by atoms with Crippen molar-refractivity contribution < 1.29 is 0 Å². The molecule has 1 atom stereocenters. The van der Waals surface area contributed by atoms with Crippen molar-refractivity contribution in [2.75, 3.05) is 0 Å². The molecule has 2 heteroatoms. The van der Waals surface area contributed by atoms with Gasteiger partial charge in [-0.15, -0.1) is 0 Å². The highest BCUT2D eigenvalue weighted by Crippen LogP contribution is 2.33. The van der Waals surface area contributed by atoms with Gasteiger partial charge in [-0.05, 0) is 65.1 Å². The zero-order valence-electron chi connectivity index (χ0n) is 7.10. The van der Waals surface area contributed by atoms with E-state index in [9.17, 15) is 0 Å². The highest BCUT2D eigenvalue weighted by molar-refractivity contribution is 14.1. The number of rotatable bonds is 0. The lowest BCUT2D eigenvalue weighted by Crippen LogP contribution is -2.05. The molecule has 1 aromatic rings. The van der Waals surface area contributed by atoms with Crippen molar-refractivity contribution in [1.29, 1.82) is 0 Å². The molecule has 1 aliphatic carbocycles. The van der Waals surface area contributed by atoms with Gasteiger partial charge in [0.05, 0.1) is 0 Å². The number of benzene rings is 1. The van der Waals surface area contributed by atoms with Crippen LogP contribution in [-0.4, -0.2) is 0 Å². The van der Waals surface area contributed by atoms with Crippen LogP contribution in [0.25, 0.3) is 0 Å². The Labute approximate surface area is 86.5 Å². The van der Waals surface area contributed by atoms with Gasteiger partial charge < -0.3 is 5.73 Å². The molecule has 1 aliphatic rings. The summed E-state index contributed by atoms with van der Waals surface area (Å²) in [7, 11) is 0. The molecule has 0 bridgehead atoms. The standard InChI is InChI=1S/C10H12IN/c1-6-7-3-5-10(12)8(7)2-4-9(6)11/h2,4,10H,3,5,12H2,1H3. The first-order valence-electron chi connectivity index (χ1n) is 4.23. The van der Waals surface area contributed by atoms with Crippen molar-refractivity contribution in [1.82, 2.24) is 0 Å². The molecule has 0 radical (unpaired) electrons. The molecule has 1 aromatic carbocycles. The molecule has 0 aliphatic heterocycles. The molecule has 12 heavy (non-hydrogen) atoms. The first-order valence-corrected chi connectivity index (χ1v) is 5.31. The molecule has 0 fully saturated rings. The molecule has 0 spiro atoms. The molecule has 0 aromatic heterocycles. The van der Waals surface area contributed by atoms with E-state index < -0.39 is 0 Å². The van der Waals surface area contributed by atoms with Crippen LogP contribution in [0.3, 0.4) is 0 Å². The minimum Gasteiger partial charge on any atom is -0.324 e. The lowest BCUT2D eigenvalue weighted by Gasteiger charge is -2.07. The van der Waals surface area contributed by atoms with E-state index in [1.54, 1.807) is 0 Å². The average Bonchev–Trinajstić information content (AvgIpc) is 2.41. The summed E-state index contributed by atoms with van der Waals surface area (Å²) < 4.78 is 1.36. The summed E-state index contributed by atoms with van der Waals surface area (Å²) in [5.74, 6) is 0. The van der Waals surface area contributed by atoms with Crippen LogP contribution >= 0.6 is 22.6 Å². The van der Waals surface area contributed by atoms with Gasteiger partial charge >= 0.3 is 0 Å². The van der Waals surface area contributed by atoms with E-state index in [2.05, 4.69) is 41.6 Å². The highest BCUT2D eigenvalue weighted by Gasteiger charge is 2.20. The summed E-state index contributed by atoms with van der Waals surface area (Å²) in [6, 6.07) is 4.64. The SMILES string of the molecule is Cc1c(I)ccc2c1CCC2N. The molecule has 0 heterocycles. The van der Waals surface area contributed by atoms with Gasteiger partial charge in [-0.1, -0.05) is 6.07 Å². The molecule has 1 unspecified atom stereocenters. The lowest BCUT2D eigenvalue weighted by atomic mass is 10.0. The summed E-state index contributed by atoms with van der Waals surface area (Å²) in [6.45, 7) is 2.19. The quantitative estimate of drug-likeness (QED) is 0.722. The summed E-state index contributed by atoms with van der Waals surface area (Å²) in [4.78, 5) is 0. The zero-order valence-corrected chi connectivity index (χ0v) is 9.26. The van der Waals surface area contributed by atoms with Gasteiger partial charge in [0.1, 0.15) is 0 Å². The second-order valence-corrected chi connectivity index (χ2v) is 4.55. The molecule has 0 saturated carbocycles. The van der Waals surface area contributed by atoms with Gasteiger partial charge in [0.25, 0.3) is 0 Å². The zero-order chi connectivity index (χ0) is 8.72. The fourth-order valence-corrected chi connectivity index (χ4v) is 2.39. The Morgan fingerprint density at radius 2 is 2.25 bits per heavy atom. The monoisotopic (exact) mass is 273 g/mol. The highest BCUT2D eigenvalue weighted by atomic mass is 127. The van der Waals surface area contributed by atoms with Crippen LogP contribution in [0, 0.1) is 10.5 Å². The Morgan fingerprint density at radius 1 is 1.50 bits per heavy atom. The predicted octanol–water partition coefficient (Wildman–Crippen LogP) is 2.55. The Morgan fingerprint density at radius 3 is 3.00 bits per heavy atom. The Balaban J connectivity index is 2.60. The van der Waals surface area contributed by atoms with Gasteiger partial charge in [-0.2, -0.15) is 0 Å². The number of halogens is 1. The number of fused-ring (bicyclic) bond motifs is 1. The normalized spacial score (nSPS) is 21.1. The van der Waals surface area contributed by atoms with E-state index in [0.717, 1.165) is 6.42 Å². The lowest BCUT2D eigenvalue weighted by molar-refractivity contribution is 0.713. The molecule has 0 saturated heterocycles. The third-order valence-electron chi connectivity index (χ3n) is 2.67. The molecule has 64 valence electrons. The van der Waals surface area contributed by atoms with E-state index in [1.165, 1.54) is 26.7 Å². The van der Waals surface area contributed by atoms with Crippen LogP contribution in [0.1, 0.15) is 29.2 Å². The van der Waals surface area contributed by atoms with Crippen molar-refractivity contribution in [3.63, 3.8) is 0 Å². The van der Waals surface area contributed by atoms with Crippen LogP contribution in [0.4, 0.5) is 0 Å². The fraction of sp³-hybridized carbons (Fsp3) is 0.400. The summed E-state index contributed by atoms with van der Waals surface area (Å²) >= 11 is 2.38. The predicted molar refractivity (Wildman–Crippen MR) is 59.1 cm³/mol. The fourth-order valence-electron chi connectivity index (χ4n) is 1.88. The van der Waals surface area contributed by atoms with Gasteiger partial charge in [0.2, 0.25) is 0 Å². The first-order chi connectivity index (χ1) is 5.70. The van der Waals surface area contributed by atoms with E-state index in [4.69, 9.17) is 5.73 Å². The second-order valence-electron chi connectivity index (χ2n) is 3.39. The van der Waals surface area contributed by atoms with Crippen LogP contribution in [0.5, 0.6) is 0 Å². The van der Waals surface area contributed by atoms with Gasteiger partial charge in [-0.25, -0.2) is 0 Å². The van der Waals surface area contributed by atoms with Crippen molar-refractivity contribution >= 4 is 22.6 Å². The van der Waals surface area contributed by atoms with Crippen molar-refractivity contribution in [3.05, 3.63) is 32.4 Å². The van der Waals surface area contributed by atoms with E-state index in [1.807, 2.05) is 0 Å². The van der Waals surface area contributed by atoms with Crippen molar-refractivity contribution in [3.8, 4) is 0 Å². The number of hydrogen-bond acceptors (Lipinski definition) is 1. The molecule has 0 amide bonds. The number of nitrogens with two attached hydrogens (primary N) is 1. The molecular weight excluding hydrogens is 261 g/mol. The smallest absolute Gasteiger partial charge is 0.0300 e. The first kappa shape index (κ1) is 8.51. The van der Waals surface area contributed by atoms with Crippen LogP contribution in [-0.2, 0) is 6.42 Å². The maximum Gasteiger partial charge on any atom is 0.0300 e. The Bertz CT molecular complexity index is 320. The van der Waals surface area contributed by atoms with E-state index in [-0.39, 0.29) is 6.04 Å². The minimum absolute atomic E-state index is 0.288. The summed E-state index contributed by atoms with van der Waals surface area (Å²) in [5, 5.41) is 0. The van der Waals surface area contributed by atoms with Crippen LogP contribution < -0.4 is 5.73 Å². The Hall–Kier alpha value is -0.0900. The van der Waals surface area contributed by atoms with E-state index in [0.29, 0.717) is 0 Å². The summed E-state index contributed by atoms with van der Waals surface area (Å²) in [6.07, 6.45) is 2.29. The van der Waals surface area contributed by atoms with Crippen molar-refractivity contribution in [2.45, 2.75) is 25.8 Å². The van der Waals surface area contributed by atoms with Gasteiger partial charge in [-0.3, -0.25) is 0 Å². The molecular formula is C10H12IN. The summed E-state index contributed by atoms with van der Waals surface area (Å²) in [5.41, 5.74) is 10.3. The third kappa shape index (κ3) is 1.17. The molecule has 2 N–H and O–H groups in total. The second kappa shape index (κ2) is 3.00. The average molecular weight is 273 g/mol. The molecule has 1 nitrogen and oxygen atoms in total. The third-order valence-corrected chi connectivity index (χ3v) is 3.84. The van der Waals surface area contributed by atoms with Gasteiger partial charge in [0, 0.05) is 9.61 Å². The van der Waals surface area contributed by atoms with E-state index >= 15 is 0 Å². The van der Waals surface area contributed by atoms with Crippen LogP contribution in [0.2, 0.25) is 0 Å². The number of hydrogen-bond donors (Lipinski definition) is 1. The maximum absolute atomic E-state index is 5.96. The maximum atomic E-state index is 5.96. The Kier molecular flexibility index (Phi) is 2.12. The largest absolute Gasteiger partial charge is 0.324 e. The van der Waals surface area contributed by atoms with Crippen molar-refractivity contribution in [2.24, 2.45) is 5.73 Å². The minimum atomic E-state index is 0.288. The topological polar surface area (TPSA) is 26.0 Å².